The van der Waals surface area contributed by atoms with Crippen molar-refractivity contribution < 1.29 is 10.2 Å². The summed E-state index contributed by atoms with van der Waals surface area (Å²) in [4.78, 5) is 5.02. The van der Waals surface area contributed by atoms with Crippen LogP contribution in [-0.2, 0) is 6.42 Å². The van der Waals surface area contributed by atoms with E-state index in [0.29, 0.717) is 5.56 Å². The summed E-state index contributed by atoms with van der Waals surface area (Å²) in [5.74, 6) is 0.323. The first-order valence-corrected chi connectivity index (χ1v) is 18.2. The summed E-state index contributed by atoms with van der Waals surface area (Å²) in [6.07, 6.45) is 21.9. The summed E-state index contributed by atoms with van der Waals surface area (Å²) in [7, 11) is 0. The second kappa shape index (κ2) is 23.2. The maximum Gasteiger partial charge on any atom is 0.125 e. The highest BCUT2D eigenvalue weighted by Gasteiger charge is 2.20. The van der Waals surface area contributed by atoms with Crippen LogP contribution in [0.15, 0.2) is 59.8 Å². The van der Waals surface area contributed by atoms with E-state index in [0.717, 1.165) is 74.9 Å². The van der Waals surface area contributed by atoms with Gasteiger partial charge in [0.1, 0.15) is 11.5 Å². The van der Waals surface area contributed by atoms with Gasteiger partial charge in [-0.3, -0.25) is 4.98 Å². The number of nitrogens with zero attached hydrogens (tertiary/aromatic N) is 1. The molecule has 4 nitrogen and oxygen atoms in total. The fourth-order valence-corrected chi connectivity index (χ4v) is 5.64. The predicted molar refractivity (Wildman–Crippen MR) is 203 cm³/mol. The average molecular weight is 631 g/mol. The maximum atomic E-state index is 10.8. The number of hydrogen-bond acceptors (Lipinski definition) is 4. The van der Waals surface area contributed by atoms with Crippen LogP contribution >= 0.6 is 0 Å². The van der Waals surface area contributed by atoms with Crippen molar-refractivity contribution in [3.63, 3.8) is 0 Å². The molecule has 1 aliphatic heterocycles. The lowest BCUT2D eigenvalue weighted by Crippen LogP contribution is -2.20. The van der Waals surface area contributed by atoms with Gasteiger partial charge in [0.05, 0.1) is 5.69 Å². The highest BCUT2D eigenvalue weighted by atomic mass is 16.3. The van der Waals surface area contributed by atoms with Crippen molar-refractivity contribution >= 4 is 11.1 Å². The molecule has 1 aliphatic rings. The maximum absolute atomic E-state index is 10.8. The van der Waals surface area contributed by atoms with Crippen LogP contribution < -0.4 is 5.32 Å². The van der Waals surface area contributed by atoms with Gasteiger partial charge in [-0.2, -0.15) is 0 Å². The minimum atomic E-state index is -0.0401. The molecule has 0 bridgehead atoms. The smallest absolute Gasteiger partial charge is 0.125 e. The van der Waals surface area contributed by atoms with Gasteiger partial charge in [-0.15, -0.1) is 0 Å². The van der Waals surface area contributed by atoms with E-state index in [4.69, 9.17) is 4.98 Å². The number of allylic oxidation sites excluding steroid dienone is 6. The Balaban J connectivity index is 0.00000199. The zero-order valence-corrected chi connectivity index (χ0v) is 31.0. The van der Waals surface area contributed by atoms with Crippen molar-refractivity contribution in [3.05, 3.63) is 87.8 Å². The van der Waals surface area contributed by atoms with Gasteiger partial charge in [0.25, 0.3) is 0 Å². The standard InChI is InChI=1S/C37H52N2O2.C3H8.C2H6/c1-7-10-12-14-26(4)32(22-28(6)35-34(40)17-16-27(5)37(35)41)24-31(15-13-11-8-2)33-23-29(9-3)36(39-25-33)30-18-20-38-21-19-30;1-3-2;1-2/h13,15-18,23-25,28,38,40-41H,7-12,14,19-22H2,1-6H3;3H2,1-2H3;1-2H3/b15-13+,31-24+,32-26+;;. The number of aromatic nitrogens is 1. The summed E-state index contributed by atoms with van der Waals surface area (Å²) in [5, 5.41) is 24.9. The third-order valence-electron chi connectivity index (χ3n) is 8.25. The molecular formula is C42H66N2O2. The molecule has 4 heteroatoms. The van der Waals surface area contributed by atoms with Crippen LogP contribution in [0.2, 0.25) is 0 Å². The fraction of sp³-hybridized carbons (Fsp3) is 0.548. The minimum Gasteiger partial charge on any atom is -0.508 e. The SMILES string of the molecule is CC.CCC.CCC/C=C/C(=C\C(CC(C)c1c(O)ccc(C)c1O)=C(/C)CCCCC)c1cnc(C2=CCNCC2)c(CC)c1. The first-order valence-electron chi connectivity index (χ1n) is 18.2. The Morgan fingerprint density at radius 3 is 2.37 bits per heavy atom. The number of aryl methyl sites for hydroxylation is 2. The normalized spacial score (nSPS) is 14.5. The molecule has 256 valence electrons. The molecule has 0 saturated carbocycles. The molecule has 46 heavy (non-hydrogen) atoms. The van der Waals surface area contributed by atoms with Crippen LogP contribution in [-0.4, -0.2) is 28.3 Å². The molecular weight excluding hydrogens is 564 g/mol. The molecule has 1 aromatic carbocycles. The zero-order chi connectivity index (χ0) is 34.5. The molecule has 0 radical (unpaired) electrons. The Hall–Kier alpha value is -3.11. The molecule has 0 aliphatic carbocycles. The molecule has 0 amide bonds. The number of pyridine rings is 1. The Morgan fingerprint density at radius 1 is 1.04 bits per heavy atom. The lowest BCUT2D eigenvalue weighted by Gasteiger charge is -2.20. The lowest BCUT2D eigenvalue weighted by atomic mass is 9.86. The highest BCUT2D eigenvalue weighted by Crippen LogP contribution is 2.40. The van der Waals surface area contributed by atoms with Gasteiger partial charge in [0, 0.05) is 23.9 Å². The van der Waals surface area contributed by atoms with Crippen LogP contribution in [0.5, 0.6) is 11.5 Å². The molecule has 0 spiro atoms. The molecule has 3 rings (SSSR count). The van der Waals surface area contributed by atoms with Crippen molar-refractivity contribution in [2.45, 2.75) is 139 Å². The molecule has 0 fully saturated rings. The molecule has 3 N–H and O–H groups in total. The lowest BCUT2D eigenvalue weighted by molar-refractivity contribution is 0.427. The molecule has 2 heterocycles. The van der Waals surface area contributed by atoms with Crippen molar-refractivity contribution in [3.8, 4) is 11.5 Å². The molecule has 1 atom stereocenters. The Kier molecular flexibility index (Phi) is 20.7. The fourth-order valence-electron chi connectivity index (χ4n) is 5.64. The van der Waals surface area contributed by atoms with Crippen molar-refractivity contribution in [1.29, 1.82) is 0 Å². The van der Waals surface area contributed by atoms with Gasteiger partial charge < -0.3 is 15.5 Å². The minimum absolute atomic E-state index is 0.0401. The van der Waals surface area contributed by atoms with Crippen molar-refractivity contribution in [2.24, 2.45) is 0 Å². The molecule has 0 saturated heterocycles. The van der Waals surface area contributed by atoms with E-state index in [1.165, 1.54) is 47.1 Å². The Morgan fingerprint density at radius 2 is 1.76 bits per heavy atom. The van der Waals surface area contributed by atoms with E-state index >= 15 is 0 Å². The van der Waals surface area contributed by atoms with Gasteiger partial charge in [0.15, 0.2) is 0 Å². The molecule has 1 aromatic heterocycles. The van der Waals surface area contributed by atoms with E-state index < -0.39 is 0 Å². The van der Waals surface area contributed by atoms with E-state index in [-0.39, 0.29) is 17.4 Å². The highest BCUT2D eigenvalue weighted by molar-refractivity contribution is 5.78. The van der Waals surface area contributed by atoms with Crippen LogP contribution in [0, 0.1) is 6.92 Å². The van der Waals surface area contributed by atoms with Gasteiger partial charge in [-0.05, 0) is 105 Å². The number of unbranched alkanes of at least 4 members (excludes halogenated alkanes) is 3. The van der Waals surface area contributed by atoms with E-state index in [1.807, 2.05) is 27.0 Å². The van der Waals surface area contributed by atoms with Crippen LogP contribution in [0.4, 0.5) is 0 Å². The van der Waals surface area contributed by atoms with Gasteiger partial charge in [0.2, 0.25) is 0 Å². The monoisotopic (exact) mass is 631 g/mol. The van der Waals surface area contributed by atoms with Crippen LogP contribution in [0.1, 0.15) is 154 Å². The second-order valence-corrected chi connectivity index (χ2v) is 12.3. The summed E-state index contributed by atoms with van der Waals surface area (Å²) >= 11 is 0. The Labute approximate surface area is 282 Å². The first kappa shape index (κ1) is 40.9. The van der Waals surface area contributed by atoms with E-state index in [9.17, 15) is 10.2 Å². The number of aromatic hydroxyl groups is 2. The van der Waals surface area contributed by atoms with E-state index in [2.05, 4.69) is 84.2 Å². The zero-order valence-electron chi connectivity index (χ0n) is 31.0. The van der Waals surface area contributed by atoms with Gasteiger partial charge in [-0.1, -0.05) is 117 Å². The van der Waals surface area contributed by atoms with Crippen molar-refractivity contribution in [1.82, 2.24) is 10.3 Å². The van der Waals surface area contributed by atoms with Crippen molar-refractivity contribution in [2.75, 3.05) is 13.1 Å². The average Bonchev–Trinajstić information content (AvgIpc) is 3.07. The number of rotatable bonds is 14. The second-order valence-electron chi connectivity index (χ2n) is 12.3. The van der Waals surface area contributed by atoms with Gasteiger partial charge >= 0.3 is 0 Å². The first-order chi connectivity index (χ1) is 22.2. The summed E-state index contributed by atoms with van der Waals surface area (Å²) < 4.78 is 0. The van der Waals surface area contributed by atoms with Crippen LogP contribution in [0.25, 0.3) is 11.1 Å². The molecule has 1 unspecified atom stereocenters. The largest absolute Gasteiger partial charge is 0.508 e. The number of hydrogen-bond donors (Lipinski definition) is 3. The predicted octanol–water partition coefficient (Wildman–Crippen LogP) is 12.0. The number of phenolic OH excluding ortho intramolecular Hbond substituents is 2. The number of phenols is 2. The van der Waals surface area contributed by atoms with E-state index in [1.54, 1.807) is 12.1 Å². The number of nitrogens with one attached hydrogen (secondary N) is 1. The topological polar surface area (TPSA) is 65.4 Å². The quantitative estimate of drug-likeness (QED) is 0.143. The third kappa shape index (κ3) is 12.9. The summed E-state index contributed by atoms with van der Waals surface area (Å²) in [6.45, 7) is 23.1. The molecule has 2 aromatic rings. The Bertz CT molecular complexity index is 1300. The van der Waals surface area contributed by atoms with Crippen LogP contribution in [0.3, 0.4) is 0 Å². The third-order valence-corrected chi connectivity index (χ3v) is 8.25. The summed E-state index contributed by atoms with van der Waals surface area (Å²) in [6, 6.07) is 5.80. The van der Waals surface area contributed by atoms with Gasteiger partial charge in [-0.25, -0.2) is 0 Å². The number of benzene rings is 1. The summed E-state index contributed by atoms with van der Waals surface area (Å²) in [5.41, 5.74) is 10.1.